The lowest BCUT2D eigenvalue weighted by atomic mass is 9.95. The highest BCUT2D eigenvalue weighted by molar-refractivity contribution is 5.94. The normalized spacial score (nSPS) is 24.1. The van der Waals surface area contributed by atoms with E-state index in [9.17, 15) is 4.79 Å². The molecule has 0 saturated carbocycles. The molecule has 1 amide bonds. The highest BCUT2D eigenvalue weighted by Gasteiger charge is 2.39. The molecule has 1 aromatic carbocycles. The van der Waals surface area contributed by atoms with Crippen molar-refractivity contribution >= 4 is 5.91 Å². The first kappa shape index (κ1) is 15.9. The number of amides is 1. The Morgan fingerprint density at radius 3 is 2.64 bits per heavy atom. The van der Waals surface area contributed by atoms with Crippen molar-refractivity contribution in [3.8, 4) is 17.5 Å². The van der Waals surface area contributed by atoms with Crippen molar-refractivity contribution in [2.24, 2.45) is 0 Å². The molecule has 0 spiro atoms. The number of ether oxygens (including phenoxy) is 2. The number of pyridine rings is 1. The predicted octanol–water partition coefficient (Wildman–Crippen LogP) is 2.51. The Morgan fingerprint density at radius 2 is 1.96 bits per heavy atom. The van der Waals surface area contributed by atoms with Gasteiger partial charge in [-0.15, -0.1) is 0 Å². The molecule has 2 aromatic rings. The summed E-state index contributed by atoms with van der Waals surface area (Å²) in [6, 6.07) is 13.6. The third-order valence-electron chi connectivity index (χ3n) is 4.86. The summed E-state index contributed by atoms with van der Waals surface area (Å²) >= 11 is 0. The van der Waals surface area contributed by atoms with E-state index in [1.54, 1.807) is 43.5 Å². The lowest BCUT2D eigenvalue weighted by Crippen LogP contribution is -2.42. The van der Waals surface area contributed by atoms with Crippen molar-refractivity contribution in [1.82, 2.24) is 15.6 Å². The van der Waals surface area contributed by atoms with Crippen LogP contribution in [0.15, 0.2) is 42.5 Å². The molecule has 25 heavy (non-hydrogen) atoms. The van der Waals surface area contributed by atoms with Crippen LogP contribution in [0.5, 0.6) is 17.5 Å². The van der Waals surface area contributed by atoms with Gasteiger partial charge in [-0.2, -0.15) is 4.98 Å². The van der Waals surface area contributed by atoms with Crippen molar-refractivity contribution in [3.05, 3.63) is 48.0 Å². The van der Waals surface area contributed by atoms with Crippen molar-refractivity contribution < 1.29 is 14.3 Å². The monoisotopic (exact) mass is 339 g/mol. The summed E-state index contributed by atoms with van der Waals surface area (Å²) in [6.07, 6.45) is 3.40. The van der Waals surface area contributed by atoms with Gasteiger partial charge in [-0.3, -0.25) is 4.79 Å². The second kappa shape index (κ2) is 6.72. The van der Waals surface area contributed by atoms with Gasteiger partial charge in [0.2, 0.25) is 11.8 Å². The molecule has 2 fully saturated rings. The molecule has 2 aliphatic rings. The second-order valence-electron chi connectivity index (χ2n) is 6.51. The first-order chi connectivity index (χ1) is 12.2. The number of nitrogens with one attached hydrogen (secondary N) is 2. The summed E-state index contributed by atoms with van der Waals surface area (Å²) in [5.41, 5.74) is 0.633. The van der Waals surface area contributed by atoms with Crippen LogP contribution in [0.2, 0.25) is 0 Å². The molecule has 1 aromatic heterocycles. The largest absolute Gasteiger partial charge is 0.481 e. The number of carbonyl (C=O) groups is 1. The fraction of sp³-hybridized carbons (Fsp3) is 0.368. The molecular formula is C19H21N3O3. The molecule has 0 unspecified atom stereocenters. The molecule has 2 saturated heterocycles. The highest BCUT2D eigenvalue weighted by Crippen LogP contribution is 2.28. The van der Waals surface area contributed by atoms with Crippen LogP contribution in [-0.4, -0.2) is 36.1 Å². The summed E-state index contributed by atoms with van der Waals surface area (Å²) in [6.45, 7) is 0. The van der Waals surface area contributed by atoms with Crippen LogP contribution in [0.25, 0.3) is 0 Å². The minimum Gasteiger partial charge on any atom is -0.481 e. The van der Waals surface area contributed by atoms with Gasteiger partial charge in [-0.1, -0.05) is 6.07 Å². The van der Waals surface area contributed by atoms with Crippen molar-refractivity contribution in [3.63, 3.8) is 0 Å². The maximum atomic E-state index is 12.4. The van der Waals surface area contributed by atoms with E-state index in [0.717, 1.165) is 12.8 Å². The number of hydrogen-bond donors (Lipinski definition) is 2. The fourth-order valence-corrected chi connectivity index (χ4v) is 3.60. The van der Waals surface area contributed by atoms with Crippen LogP contribution in [0.1, 0.15) is 29.6 Å². The number of rotatable bonds is 5. The maximum absolute atomic E-state index is 12.4. The Bertz CT molecular complexity index is 763. The fourth-order valence-electron chi connectivity index (χ4n) is 3.60. The first-order valence-corrected chi connectivity index (χ1v) is 8.57. The van der Waals surface area contributed by atoms with Crippen LogP contribution in [-0.2, 0) is 0 Å². The van der Waals surface area contributed by atoms with E-state index >= 15 is 0 Å². The quantitative estimate of drug-likeness (QED) is 0.876. The van der Waals surface area contributed by atoms with E-state index in [4.69, 9.17) is 9.47 Å². The minimum atomic E-state index is -0.0367. The summed E-state index contributed by atoms with van der Waals surface area (Å²) in [5.74, 6) is 1.53. The van der Waals surface area contributed by atoms with Crippen LogP contribution in [0, 0.1) is 0 Å². The average Bonchev–Trinajstić information content (AvgIpc) is 3.25. The molecule has 2 aliphatic heterocycles. The summed E-state index contributed by atoms with van der Waals surface area (Å²) in [5, 5.41) is 6.67. The SMILES string of the molecule is COc1cccc(Oc2ccc(C(=O)N[C@@H]3C[C@H]4CC[C@@H]3N4)cc2)n1. The van der Waals surface area contributed by atoms with Gasteiger partial charge in [0, 0.05) is 35.8 Å². The lowest BCUT2D eigenvalue weighted by molar-refractivity contribution is 0.0931. The Hall–Kier alpha value is -2.60. The van der Waals surface area contributed by atoms with E-state index < -0.39 is 0 Å². The smallest absolute Gasteiger partial charge is 0.251 e. The van der Waals surface area contributed by atoms with E-state index in [2.05, 4.69) is 15.6 Å². The number of methoxy groups -OCH3 is 1. The lowest BCUT2D eigenvalue weighted by Gasteiger charge is -2.21. The zero-order valence-electron chi connectivity index (χ0n) is 14.1. The minimum absolute atomic E-state index is 0.0367. The molecule has 0 aliphatic carbocycles. The predicted molar refractivity (Wildman–Crippen MR) is 93.1 cm³/mol. The Balaban J connectivity index is 1.38. The Morgan fingerprint density at radius 1 is 1.16 bits per heavy atom. The topological polar surface area (TPSA) is 72.5 Å². The standard InChI is InChI=1S/C19H21N3O3/c1-24-17-3-2-4-18(22-17)25-14-8-5-12(6-9-14)19(23)21-16-11-13-7-10-15(16)20-13/h2-6,8-9,13,15-16,20H,7,10-11H2,1H3,(H,21,23)/t13-,15+,16-/m1/s1. The number of fused-ring (bicyclic) bond motifs is 2. The summed E-state index contributed by atoms with van der Waals surface area (Å²) in [4.78, 5) is 16.6. The zero-order chi connectivity index (χ0) is 17.2. The Kier molecular flexibility index (Phi) is 4.28. The van der Waals surface area contributed by atoms with Crippen LogP contribution < -0.4 is 20.1 Å². The van der Waals surface area contributed by atoms with Gasteiger partial charge in [0.15, 0.2) is 0 Å². The molecule has 6 nitrogen and oxygen atoms in total. The molecule has 3 atom stereocenters. The van der Waals surface area contributed by atoms with Crippen LogP contribution in [0.4, 0.5) is 0 Å². The van der Waals surface area contributed by atoms with Gasteiger partial charge >= 0.3 is 0 Å². The average molecular weight is 339 g/mol. The number of benzene rings is 1. The molecular weight excluding hydrogens is 318 g/mol. The van der Waals surface area contributed by atoms with Gasteiger partial charge in [0.05, 0.1) is 7.11 Å². The third-order valence-corrected chi connectivity index (χ3v) is 4.86. The van der Waals surface area contributed by atoms with E-state index in [-0.39, 0.29) is 11.9 Å². The molecule has 3 heterocycles. The van der Waals surface area contributed by atoms with Gasteiger partial charge in [0.25, 0.3) is 5.91 Å². The highest BCUT2D eigenvalue weighted by atomic mass is 16.5. The van der Waals surface area contributed by atoms with Gasteiger partial charge < -0.3 is 20.1 Å². The van der Waals surface area contributed by atoms with Gasteiger partial charge in [-0.25, -0.2) is 0 Å². The Labute approximate surface area is 146 Å². The van der Waals surface area contributed by atoms with Gasteiger partial charge in [0.1, 0.15) is 5.75 Å². The molecule has 6 heteroatoms. The molecule has 0 radical (unpaired) electrons. The van der Waals surface area contributed by atoms with Crippen LogP contribution in [0.3, 0.4) is 0 Å². The molecule has 2 N–H and O–H groups in total. The second-order valence-corrected chi connectivity index (χ2v) is 6.51. The van der Waals surface area contributed by atoms with Crippen molar-refractivity contribution in [2.45, 2.75) is 37.4 Å². The number of carbonyl (C=O) groups excluding carboxylic acids is 1. The van der Waals surface area contributed by atoms with E-state index in [1.807, 2.05) is 6.07 Å². The molecule has 4 rings (SSSR count). The first-order valence-electron chi connectivity index (χ1n) is 8.57. The molecule has 130 valence electrons. The zero-order valence-corrected chi connectivity index (χ0v) is 14.1. The van der Waals surface area contributed by atoms with Crippen molar-refractivity contribution in [2.75, 3.05) is 7.11 Å². The van der Waals surface area contributed by atoms with Crippen LogP contribution >= 0.6 is 0 Å². The van der Waals surface area contributed by atoms with E-state index in [1.165, 1.54) is 6.42 Å². The number of nitrogens with zero attached hydrogens (tertiary/aromatic N) is 1. The van der Waals surface area contributed by atoms with Crippen molar-refractivity contribution in [1.29, 1.82) is 0 Å². The maximum Gasteiger partial charge on any atom is 0.251 e. The number of hydrogen-bond acceptors (Lipinski definition) is 5. The summed E-state index contributed by atoms with van der Waals surface area (Å²) < 4.78 is 10.8. The summed E-state index contributed by atoms with van der Waals surface area (Å²) in [7, 11) is 1.56. The number of aromatic nitrogens is 1. The van der Waals surface area contributed by atoms with Gasteiger partial charge in [-0.05, 0) is 43.5 Å². The molecule has 2 bridgehead atoms. The third kappa shape index (κ3) is 3.44. The van der Waals surface area contributed by atoms with E-state index in [0.29, 0.717) is 35.2 Å².